The number of sulfonamides is 1. The molecule has 0 fully saturated rings. The van der Waals surface area contributed by atoms with E-state index in [2.05, 4.69) is 4.72 Å². The van der Waals surface area contributed by atoms with E-state index in [1.54, 1.807) is 18.2 Å². The van der Waals surface area contributed by atoms with Gasteiger partial charge in [-0.2, -0.15) is 4.72 Å². The van der Waals surface area contributed by atoms with Gasteiger partial charge in [0.15, 0.2) is 0 Å². The molecule has 0 spiro atoms. The van der Waals surface area contributed by atoms with Crippen molar-refractivity contribution >= 4 is 10.0 Å². The average molecular weight is 412 g/mol. The van der Waals surface area contributed by atoms with Gasteiger partial charge in [-0.15, -0.1) is 0 Å². The number of nitrogens with one attached hydrogen (secondary N) is 1. The van der Waals surface area contributed by atoms with Crippen molar-refractivity contribution < 1.29 is 32.8 Å². The third-order valence-electron chi connectivity index (χ3n) is 4.16. The van der Waals surface area contributed by atoms with Crippen molar-refractivity contribution in [1.82, 2.24) is 4.72 Å². The van der Waals surface area contributed by atoms with Gasteiger partial charge in [0.2, 0.25) is 10.0 Å². The molecule has 0 aliphatic heterocycles. The van der Waals surface area contributed by atoms with Crippen LogP contribution < -0.4 is 24.7 Å². The number of aliphatic hydroxyl groups excluding tert-OH is 2. The summed E-state index contributed by atoms with van der Waals surface area (Å²) in [5, 5.41) is 19.6. The van der Waals surface area contributed by atoms with Crippen LogP contribution in [-0.2, 0) is 23.2 Å². The van der Waals surface area contributed by atoms with E-state index < -0.39 is 29.4 Å². The van der Waals surface area contributed by atoms with Gasteiger partial charge in [0.05, 0.1) is 56.1 Å². The van der Waals surface area contributed by atoms with Gasteiger partial charge in [-0.3, -0.25) is 0 Å². The number of hydrogen-bond acceptors (Lipinski definition) is 8. The van der Waals surface area contributed by atoms with Gasteiger partial charge in [-0.1, -0.05) is 18.2 Å². The van der Waals surface area contributed by atoms with Crippen molar-refractivity contribution in [3.63, 3.8) is 0 Å². The van der Waals surface area contributed by atoms with Gasteiger partial charge >= 0.3 is 0 Å². The molecule has 0 saturated carbocycles. The number of methoxy groups -OCH3 is 3. The summed E-state index contributed by atoms with van der Waals surface area (Å²) in [6, 6.07) is 7.71. The SMILES string of the molecule is COc1c(CO)c(OC)c(C(N)NS(=O)(=O)c2ccccc2)c(OC)c1CO. The van der Waals surface area contributed by atoms with Gasteiger partial charge in [0, 0.05) is 0 Å². The lowest BCUT2D eigenvalue weighted by atomic mass is 9.99. The molecule has 28 heavy (non-hydrogen) atoms. The van der Waals surface area contributed by atoms with Crippen LogP contribution in [0.25, 0.3) is 0 Å². The summed E-state index contributed by atoms with van der Waals surface area (Å²) < 4.78 is 43.7. The van der Waals surface area contributed by atoms with E-state index in [-0.39, 0.29) is 38.8 Å². The molecular weight excluding hydrogens is 388 g/mol. The molecule has 0 saturated heterocycles. The summed E-state index contributed by atoms with van der Waals surface area (Å²) in [5.74, 6) is 0.355. The number of benzene rings is 2. The van der Waals surface area contributed by atoms with E-state index in [0.29, 0.717) is 0 Å². The van der Waals surface area contributed by atoms with Crippen molar-refractivity contribution in [1.29, 1.82) is 0 Å². The summed E-state index contributed by atoms with van der Waals surface area (Å²) in [7, 11) is 0.0929. The predicted octanol–water partition coefficient (Wildman–Crippen LogP) is 0.633. The maximum atomic E-state index is 12.7. The maximum absolute atomic E-state index is 12.7. The fourth-order valence-corrected chi connectivity index (χ4v) is 4.10. The molecule has 0 amide bonds. The van der Waals surface area contributed by atoms with Crippen LogP contribution in [0.5, 0.6) is 17.2 Å². The first-order chi connectivity index (χ1) is 13.4. The van der Waals surface area contributed by atoms with E-state index in [1.807, 2.05) is 0 Å². The normalized spacial score (nSPS) is 12.5. The van der Waals surface area contributed by atoms with Gasteiger partial charge in [0.25, 0.3) is 0 Å². The molecule has 1 atom stereocenters. The average Bonchev–Trinajstić information content (AvgIpc) is 2.71. The zero-order valence-corrected chi connectivity index (χ0v) is 16.6. The molecule has 0 bridgehead atoms. The van der Waals surface area contributed by atoms with Gasteiger partial charge in [-0.05, 0) is 12.1 Å². The Morgan fingerprint density at radius 1 is 0.929 bits per heavy atom. The number of ether oxygens (including phenoxy) is 3. The smallest absolute Gasteiger partial charge is 0.242 e. The summed E-state index contributed by atoms with van der Waals surface area (Å²) in [5.41, 5.74) is 6.69. The highest BCUT2D eigenvalue weighted by atomic mass is 32.2. The first kappa shape index (κ1) is 21.9. The topological polar surface area (TPSA) is 140 Å². The van der Waals surface area contributed by atoms with Gasteiger partial charge in [0.1, 0.15) is 23.4 Å². The lowest BCUT2D eigenvalue weighted by Crippen LogP contribution is -2.35. The van der Waals surface area contributed by atoms with Crippen molar-refractivity contribution in [2.75, 3.05) is 21.3 Å². The predicted molar refractivity (Wildman–Crippen MR) is 102 cm³/mol. The second-order valence-electron chi connectivity index (χ2n) is 5.70. The lowest BCUT2D eigenvalue weighted by molar-refractivity contribution is 0.247. The Morgan fingerprint density at radius 2 is 1.39 bits per heavy atom. The number of aliphatic hydroxyl groups is 2. The van der Waals surface area contributed by atoms with E-state index in [1.165, 1.54) is 33.5 Å². The minimum absolute atomic E-state index is 0.0293. The molecule has 10 heteroatoms. The molecule has 2 aromatic carbocycles. The summed E-state index contributed by atoms with van der Waals surface area (Å²) in [6.07, 6.45) is -1.29. The maximum Gasteiger partial charge on any atom is 0.242 e. The first-order valence-corrected chi connectivity index (χ1v) is 9.72. The molecule has 0 aromatic heterocycles. The minimum atomic E-state index is -3.95. The van der Waals surface area contributed by atoms with Crippen LogP contribution >= 0.6 is 0 Å². The number of hydrogen-bond donors (Lipinski definition) is 4. The number of rotatable bonds is 9. The molecule has 0 aliphatic carbocycles. The lowest BCUT2D eigenvalue weighted by Gasteiger charge is -2.25. The zero-order valence-electron chi connectivity index (χ0n) is 15.8. The van der Waals surface area contributed by atoms with Crippen LogP contribution in [0.3, 0.4) is 0 Å². The molecule has 0 radical (unpaired) electrons. The minimum Gasteiger partial charge on any atom is -0.496 e. The Kier molecular flexibility index (Phi) is 7.22. The molecule has 154 valence electrons. The van der Waals surface area contributed by atoms with Gasteiger partial charge in [-0.25, -0.2) is 8.42 Å². The van der Waals surface area contributed by atoms with E-state index in [0.717, 1.165) is 0 Å². The second kappa shape index (κ2) is 9.22. The van der Waals surface area contributed by atoms with Crippen LogP contribution in [0.15, 0.2) is 35.2 Å². The van der Waals surface area contributed by atoms with E-state index in [4.69, 9.17) is 19.9 Å². The van der Waals surface area contributed by atoms with Crippen LogP contribution in [0.2, 0.25) is 0 Å². The quantitative estimate of drug-likeness (QED) is 0.440. The third-order valence-corrected chi connectivity index (χ3v) is 5.62. The largest absolute Gasteiger partial charge is 0.496 e. The molecule has 1 unspecified atom stereocenters. The van der Waals surface area contributed by atoms with Crippen molar-refractivity contribution in [2.24, 2.45) is 5.73 Å². The highest BCUT2D eigenvalue weighted by Gasteiger charge is 2.31. The monoisotopic (exact) mass is 412 g/mol. The Morgan fingerprint density at radius 3 is 1.79 bits per heavy atom. The molecule has 5 N–H and O–H groups in total. The molecular formula is C18H24N2O7S. The van der Waals surface area contributed by atoms with E-state index >= 15 is 0 Å². The van der Waals surface area contributed by atoms with Crippen molar-refractivity contribution in [2.45, 2.75) is 24.3 Å². The van der Waals surface area contributed by atoms with Crippen molar-refractivity contribution in [3.05, 3.63) is 47.0 Å². The zero-order chi connectivity index (χ0) is 20.9. The molecule has 0 heterocycles. The van der Waals surface area contributed by atoms with Crippen LogP contribution in [0.4, 0.5) is 0 Å². The molecule has 0 aliphatic rings. The Labute approximate surface area is 163 Å². The Balaban J connectivity index is 2.66. The highest BCUT2D eigenvalue weighted by molar-refractivity contribution is 7.89. The molecule has 2 rings (SSSR count). The number of nitrogens with two attached hydrogens (primary N) is 1. The van der Waals surface area contributed by atoms with Crippen LogP contribution in [0, 0.1) is 0 Å². The third kappa shape index (κ3) is 4.05. The fraction of sp³-hybridized carbons (Fsp3) is 0.333. The fourth-order valence-electron chi connectivity index (χ4n) is 2.99. The summed E-state index contributed by atoms with van der Waals surface area (Å²) in [4.78, 5) is 0.0293. The van der Waals surface area contributed by atoms with Crippen molar-refractivity contribution in [3.8, 4) is 17.2 Å². The molecule has 2 aromatic rings. The Hall–Kier alpha value is -2.37. The first-order valence-electron chi connectivity index (χ1n) is 8.24. The standard InChI is InChI=1S/C18H24N2O7S/c1-25-15-12(9-21)16(26-2)14(17(27-3)13(15)10-22)18(19)20-28(23,24)11-7-5-4-6-8-11/h4-8,18,20-22H,9-10,19H2,1-3H3. The highest BCUT2D eigenvalue weighted by Crippen LogP contribution is 2.45. The second-order valence-corrected chi connectivity index (χ2v) is 7.41. The summed E-state index contributed by atoms with van der Waals surface area (Å²) in [6.45, 7) is -0.983. The van der Waals surface area contributed by atoms with E-state index in [9.17, 15) is 18.6 Å². The van der Waals surface area contributed by atoms with Crippen LogP contribution in [0.1, 0.15) is 22.9 Å². The Bertz CT molecular complexity index is 884. The van der Waals surface area contributed by atoms with Gasteiger partial charge < -0.3 is 30.2 Å². The molecule has 9 nitrogen and oxygen atoms in total. The van der Waals surface area contributed by atoms with Crippen LogP contribution in [-0.4, -0.2) is 40.0 Å². The summed E-state index contributed by atoms with van der Waals surface area (Å²) >= 11 is 0.